The molecule has 0 aliphatic carbocycles. The first kappa shape index (κ1) is 16.1. The average molecular weight is 389 g/mol. The number of para-hydroxylation sites is 1. The van der Waals surface area contributed by atoms with E-state index in [4.69, 9.17) is 0 Å². The second kappa shape index (κ2) is 6.42. The number of fused-ring (bicyclic) bond motifs is 1. The molecule has 0 fully saturated rings. The molecule has 0 radical (unpaired) electrons. The number of aryl methyl sites for hydroxylation is 1. The van der Waals surface area contributed by atoms with Gasteiger partial charge in [0.2, 0.25) is 0 Å². The quantitative estimate of drug-likeness (QED) is 0.632. The molecule has 0 N–H and O–H groups in total. The SMILES string of the molecule is Cc1ccc(Sn2cc(Br)c3cccc(C(=O)N(C)C)c32)cc1. The van der Waals surface area contributed by atoms with E-state index in [0.717, 1.165) is 20.3 Å². The third kappa shape index (κ3) is 3.16. The van der Waals surface area contributed by atoms with Gasteiger partial charge in [0.25, 0.3) is 5.91 Å². The largest absolute Gasteiger partial charge is 0.345 e. The fraction of sp³-hybridized carbons (Fsp3) is 0.167. The molecule has 0 atom stereocenters. The van der Waals surface area contributed by atoms with Crippen LogP contribution in [0, 0.1) is 6.92 Å². The summed E-state index contributed by atoms with van der Waals surface area (Å²) in [4.78, 5) is 15.2. The minimum atomic E-state index is 0.00644. The van der Waals surface area contributed by atoms with Crippen LogP contribution in [-0.4, -0.2) is 28.9 Å². The number of aromatic nitrogens is 1. The lowest BCUT2D eigenvalue weighted by Gasteiger charge is -2.13. The summed E-state index contributed by atoms with van der Waals surface area (Å²) >= 11 is 5.21. The second-order valence-electron chi connectivity index (χ2n) is 5.61. The van der Waals surface area contributed by atoms with Crippen molar-refractivity contribution < 1.29 is 4.79 Å². The normalized spacial score (nSPS) is 11.0. The van der Waals surface area contributed by atoms with Crippen LogP contribution >= 0.6 is 27.9 Å². The number of hydrogen-bond donors (Lipinski definition) is 0. The summed E-state index contributed by atoms with van der Waals surface area (Å²) in [6.45, 7) is 2.07. The van der Waals surface area contributed by atoms with Gasteiger partial charge in [0, 0.05) is 35.0 Å². The van der Waals surface area contributed by atoms with Crippen molar-refractivity contribution in [2.45, 2.75) is 11.8 Å². The molecule has 0 aliphatic rings. The van der Waals surface area contributed by atoms with Gasteiger partial charge >= 0.3 is 0 Å². The van der Waals surface area contributed by atoms with Crippen LogP contribution in [0.2, 0.25) is 0 Å². The molecule has 0 unspecified atom stereocenters. The molecule has 118 valence electrons. The van der Waals surface area contributed by atoms with Crippen molar-refractivity contribution in [2.75, 3.05) is 14.1 Å². The van der Waals surface area contributed by atoms with Crippen LogP contribution in [0.5, 0.6) is 0 Å². The van der Waals surface area contributed by atoms with Crippen molar-refractivity contribution in [1.82, 2.24) is 8.87 Å². The first-order valence-electron chi connectivity index (χ1n) is 7.23. The molecule has 0 saturated heterocycles. The molecule has 23 heavy (non-hydrogen) atoms. The summed E-state index contributed by atoms with van der Waals surface area (Å²) in [5.41, 5.74) is 2.87. The van der Waals surface area contributed by atoms with Crippen LogP contribution in [0.15, 0.2) is 58.0 Å². The topological polar surface area (TPSA) is 25.2 Å². The zero-order chi connectivity index (χ0) is 16.6. The van der Waals surface area contributed by atoms with Crippen LogP contribution in [0.4, 0.5) is 0 Å². The van der Waals surface area contributed by atoms with Crippen LogP contribution < -0.4 is 0 Å². The summed E-state index contributed by atoms with van der Waals surface area (Å²) in [6, 6.07) is 14.2. The molecule has 5 heteroatoms. The van der Waals surface area contributed by atoms with E-state index in [0.29, 0.717) is 5.56 Å². The Labute approximate surface area is 148 Å². The van der Waals surface area contributed by atoms with Gasteiger partial charge < -0.3 is 4.90 Å². The third-order valence-electron chi connectivity index (χ3n) is 3.61. The molecule has 1 amide bonds. The van der Waals surface area contributed by atoms with E-state index in [-0.39, 0.29) is 5.91 Å². The van der Waals surface area contributed by atoms with E-state index in [2.05, 4.69) is 51.1 Å². The first-order chi connectivity index (χ1) is 11.0. The number of rotatable bonds is 3. The fourth-order valence-electron chi connectivity index (χ4n) is 2.41. The molecule has 0 saturated carbocycles. The summed E-state index contributed by atoms with van der Waals surface area (Å²) < 4.78 is 3.04. The summed E-state index contributed by atoms with van der Waals surface area (Å²) in [5.74, 6) is 0.00644. The van der Waals surface area contributed by atoms with Gasteiger partial charge in [0.15, 0.2) is 0 Å². The number of nitrogens with zero attached hydrogens (tertiary/aromatic N) is 2. The van der Waals surface area contributed by atoms with Gasteiger partial charge in [-0.3, -0.25) is 8.77 Å². The minimum Gasteiger partial charge on any atom is -0.345 e. The average Bonchev–Trinajstić information content (AvgIpc) is 2.85. The highest BCUT2D eigenvalue weighted by Gasteiger charge is 2.17. The molecule has 2 aromatic carbocycles. The van der Waals surface area contributed by atoms with Crippen molar-refractivity contribution in [2.24, 2.45) is 0 Å². The monoisotopic (exact) mass is 388 g/mol. The first-order valence-corrected chi connectivity index (χ1v) is 8.80. The summed E-state index contributed by atoms with van der Waals surface area (Å²) in [5, 5.41) is 1.04. The third-order valence-corrected chi connectivity index (χ3v) is 5.21. The van der Waals surface area contributed by atoms with Gasteiger partial charge in [-0.2, -0.15) is 0 Å². The van der Waals surface area contributed by atoms with Crippen molar-refractivity contribution in [3.63, 3.8) is 0 Å². The lowest BCUT2D eigenvalue weighted by Crippen LogP contribution is -2.22. The lowest BCUT2D eigenvalue weighted by atomic mass is 10.1. The van der Waals surface area contributed by atoms with E-state index >= 15 is 0 Å². The van der Waals surface area contributed by atoms with E-state index in [1.165, 1.54) is 5.56 Å². The molecule has 0 spiro atoms. The molecule has 3 aromatic rings. The Morgan fingerprint density at radius 3 is 2.48 bits per heavy atom. The maximum atomic E-state index is 12.5. The number of benzene rings is 2. The Morgan fingerprint density at radius 2 is 1.83 bits per heavy atom. The molecule has 3 nitrogen and oxygen atoms in total. The number of halogens is 1. The Balaban J connectivity index is 2.13. The number of amides is 1. The van der Waals surface area contributed by atoms with E-state index in [1.54, 1.807) is 30.9 Å². The van der Waals surface area contributed by atoms with E-state index < -0.39 is 0 Å². The molecule has 0 aliphatic heterocycles. The lowest BCUT2D eigenvalue weighted by molar-refractivity contribution is 0.0829. The van der Waals surface area contributed by atoms with Crippen molar-refractivity contribution in [1.29, 1.82) is 0 Å². The highest BCUT2D eigenvalue weighted by molar-refractivity contribution is 9.10. The Kier molecular flexibility index (Phi) is 4.50. The Morgan fingerprint density at radius 1 is 1.13 bits per heavy atom. The van der Waals surface area contributed by atoms with Gasteiger partial charge in [-0.25, -0.2) is 0 Å². The van der Waals surface area contributed by atoms with Crippen molar-refractivity contribution >= 4 is 44.7 Å². The summed E-state index contributed by atoms with van der Waals surface area (Å²) in [6.07, 6.45) is 2.02. The van der Waals surface area contributed by atoms with Crippen molar-refractivity contribution in [3.8, 4) is 0 Å². The standard InChI is InChI=1S/C18H17BrN2OS/c1-12-7-9-13(10-8-12)23-21-11-16(19)14-5-4-6-15(17(14)21)18(22)20(2)3/h4-11H,1-3H3. The van der Waals surface area contributed by atoms with Gasteiger partial charge in [-0.1, -0.05) is 29.8 Å². The number of hydrogen-bond acceptors (Lipinski definition) is 2. The van der Waals surface area contributed by atoms with Gasteiger partial charge in [0.05, 0.1) is 11.1 Å². The van der Waals surface area contributed by atoms with Crippen LogP contribution in [0.25, 0.3) is 10.9 Å². The smallest absolute Gasteiger partial charge is 0.255 e. The molecule has 0 bridgehead atoms. The number of carbonyl (C=O) groups is 1. The van der Waals surface area contributed by atoms with Crippen molar-refractivity contribution in [3.05, 3.63) is 64.3 Å². The zero-order valence-corrected chi connectivity index (χ0v) is 15.6. The maximum absolute atomic E-state index is 12.5. The maximum Gasteiger partial charge on any atom is 0.255 e. The second-order valence-corrected chi connectivity index (χ2v) is 7.51. The van der Waals surface area contributed by atoms with Gasteiger partial charge in [-0.15, -0.1) is 0 Å². The van der Waals surface area contributed by atoms with Crippen LogP contribution in [0.1, 0.15) is 15.9 Å². The Hall–Kier alpha value is -1.72. The predicted octanol–water partition coefficient (Wildman–Crippen LogP) is 4.97. The minimum absolute atomic E-state index is 0.00644. The fourth-order valence-corrected chi connectivity index (χ4v) is 4.00. The summed E-state index contributed by atoms with van der Waals surface area (Å²) in [7, 11) is 3.55. The zero-order valence-electron chi connectivity index (χ0n) is 13.2. The molecule has 1 aromatic heterocycles. The van der Waals surface area contributed by atoms with Crippen LogP contribution in [-0.2, 0) is 0 Å². The Bertz CT molecular complexity index is 869. The van der Waals surface area contributed by atoms with Gasteiger partial charge in [0.1, 0.15) is 0 Å². The molecule has 1 heterocycles. The number of carbonyl (C=O) groups excluding carboxylic acids is 1. The molecule has 3 rings (SSSR count). The van der Waals surface area contributed by atoms with Gasteiger partial charge in [-0.05, 0) is 53.0 Å². The highest BCUT2D eigenvalue weighted by Crippen LogP contribution is 2.34. The van der Waals surface area contributed by atoms with E-state index in [9.17, 15) is 4.79 Å². The molecular formula is C18H17BrN2OS. The van der Waals surface area contributed by atoms with E-state index in [1.807, 2.05) is 24.4 Å². The highest BCUT2D eigenvalue weighted by atomic mass is 79.9. The predicted molar refractivity (Wildman–Crippen MR) is 100 cm³/mol. The van der Waals surface area contributed by atoms with Crippen LogP contribution in [0.3, 0.4) is 0 Å². The molecular weight excluding hydrogens is 372 g/mol.